The zero-order valence-electron chi connectivity index (χ0n) is 8.09. The Morgan fingerprint density at radius 3 is 2.80 bits per heavy atom. The number of rotatable bonds is 2. The molecule has 0 saturated heterocycles. The van der Waals surface area contributed by atoms with Crippen molar-refractivity contribution >= 4 is 34.1 Å². The molecule has 2 aromatic rings. The van der Waals surface area contributed by atoms with Crippen molar-refractivity contribution in [2.75, 3.05) is 7.05 Å². The molecule has 1 heterocycles. The summed E-state index contributed by atoms with van der Waals surface area (Å²) in [6.45, 7) is 0.653. The lowest BCUT2D eigenvalue weighted by Crippen LogP contribution is -2.08. The first-order valence-electron chi connectivity index (χ1n) is 4.47. The van der Waals surface area contributed by atoms with E-state index in [9.17, 15) is 0 Å². The fourth-order valence-corrected chi connectivity index (χ4v) is 1.80. The van der Waals surface area contributed by atoms with Gasteiger partial charge in [0.25, 0.3) is 0 Å². The number of nitrogens with zero attached hydrogens (tertiary/aromatic N) is 2. The second kappa shape index (κ2) is 4.31. The van der Waals surface area contributed by atoms with E-state index in [0.29, 0.717) is 11.6 Å². The number of hydrogen-bond acceptors (Lipinski definition) is 3. The Kier molecular flexibility index (Phi) is 3.05. The van der Waals surface area contributed by atoms with Gasteiger partial charge in [0.15, 0.2) is 0 Å². The maximum atomic E-state index is 5.88. The highest BCUT2D eigenvalue weighted by atomic mass is 35.5. The molecule has 15 heavy (non-hydrogen) atoms. The molecule has 0 radical (unpaired) electrons. The molecule has 0 amide bonds. The van der Waals surface area contributed by atoms with Gasteiger partial charge in [-0.15, -0.1) is 0 Å². The smallest absolute Gasteiger partial charge is 0.223 e. The van der Waals surface area contributed by atoms with Gasteiger partial charge in [0.05, 0.1) is 11.2 Å². The molecule has 2 rings (SSSR count). The van der Waals surface area contributed by atoms with Crippen molar-refractivity contribution < 1.29 is 0 Å². The lowest BCUT2D eigenvalue weighted by Gasteiger charge is -2.05. The van der Waals surface area contributed by atoms with E-state index in [4.69, 9.17) is 23.2 Å². The average molecular weight is 242 g/mol. The highest BCUT2D eigenvalue weighted by molar-refractivity contribution is 6.31. The van der Waals surface area contributed by atoms with E-state index in [1.807, 2.05) is 19.2 Å². The van der Waals surface area contributed by atoms with Gasteiger partial charge in [-0.2, -0.15) is 0 Å². The van der Waals surface area contributed by atoms with Gasteiger partial charge in [-0.3, -0.25) is 0 Å². The Balaban J connectivity index is 2.68. The number of hydrogen-bond donors (Lipinski definition) is 1. The van der Waals surface area contributed by atoms with Gasteiger partial charge < -0.3 is 5.32 Å². The molecule has 78 valence electrons. The third kappa shape index (κ3) is 2.20. The summed E-state index contributed by atoms with van der Waals surface area (Å²) < 4.78 is 0. The SMILES string of the molecule is CNCc1nc(Cl)nc2cc(Cl)ccc12. The minimum Gasteiger partial charge on any atom is -0.314 e. The Bertz CT molecular complexity index is 494. The molecule has 0 fully saturated rings. The second-order valence-electron chi connectivity index (χ2n) is 3.13. The zero-order valence-corrected chi connectivity index (χ0v) is 9.60. The summed E-state index contributed by atoms with van der Waals surface area (Å²) in [7, 11) is 1.86. The van der Waals surface area contributed by atoms with Gasteiger partial charge in [0, 0.05) is 17.0 Å². The minimum absolute atomic E-state index is 0.245. The van der Waals surface area contributed by atoms with E-state index in [-0.39, 0.29) is 5.28 Å². The Labute approximate surface area is 97.4 Å². The van der Waals surface area contributed by atoms with Crippen LogP contribution in [-0.2, 0) is 6.54 Å². The molecule has 1 N–H and O–H groups in total. The second-order valence-corrected chi connectivity index (χ2v) is 3.91. The number of aromatic nitrogens is 2. The van der Waals surface area contributed by atoms with Gasteiger partial charge in [-0.05, 0) is 36.8 Å². The van der Waals surface area contributed by atoms with Crippen molar-refractivity contribution in [1.82, 2.24) is 15.3 Å². The van der Waals surface area contributed by atoms with E-state index in [0.717, 1.165) is 16.6 Å². The molecule has 0 atom stereocenters. The first-order chi connectivity index (χ1) is 7.20. The predicted molar refractivity (Wildman–Crippen MR) is 62.3 cm³/mol. The summed E-state index contributed by atoms with van der Waals surface area (Å²) in [4.78, 5) is 8.29. The van der Waals surface area contributed by atoms with Crippen LogP contribution in [0.3, 0.4) is 0 Å². The van der Waals surface area contributed by atoms with E-state index in [1.54, 1.807) is 6.07 Å². The normalized spacial score (nSPS) is 10.9. The van der Waals surface area contributed by atoms with Crippen LogP contribution in [0.4, 0.5) is 0 Å². The molecule has 1 aromatic heterocycles. The lowest BCUT2D eigenvalue weighted by molar-refractivity contribution is 0.795. The van der Waals surface area contributed by atoms with Crippen molar-refractivity contribution in [3.05, 3.63) is 34.2 Å². The lowest BCUT2D eigenvalue weighted by atomic mass is 10.2. The molecule has 0 spiro atoms. The molecule has 0 bridgehead atoms. The number of benzene rings is 1. The largest absolute Gasteiger partial charge is 0.314 e. The van der Waals surface area contributed by atoms with Gasteiger partial charge in [0.2, 0.25) is 5.28 Å². The maximum Gasteiger partial charge on any atom is 0.223 e. The number of nitrogens with one attached hydrogen (secondary N) is 1. The van der Waals surface area contributed by atoms with Crippen LogP contribution >= 0.6 is 23.2 Å². The predicted octanol–water partition coefficient (Wildman–Crippen LogP) is 2.66. The molecule has 0 aliphatic heterocycles. The minimum atomic E-state index is 0.245. The highest BCUT2D eigenvalue weighted by Gasteiger charge is 2.06. The van der Waals surface area contributed by atoms with Crippen LogP contribution in [0.2, 0.25) is 10.3 Å². The van der Waals surface area contributed by atoms with E-state index in [1.165, 1.54) is 0 Å². The number of halogens is 2. The summed E-state index contributed by atoms with van der Waals surface area (Å²) in [6, 6.07) is 5.50. The van der Waals surface area contributed by atoms with Crippen LogP contribution in [0.15, 0.2) is 18.2 Å². The molecule has 0 aliphatic carbocycles. The van der Waals surface area contributed by atoms with Crippen LogP contribution in [0.1, 0.15) is 5.69 Å². The third-order valence-corrected chi connectivity index (χ3v) is 2.46. The Morgan fingerprint density at radius 2 is 2.07 bits per heavy atom. The molecule has 5 heteroatoms. The monoisotopic (exact) mass is 241 g/mol. The summed E-state index contributed by atoms with van der Waals surface area (Å²) >= 11 is 11.7. The summed E-state index contributed by atoms with van der Waals surface area (Å²) in [5.41, 5.74) is 1.65. The fraction of sp³-hybridized carbons (Fsp3) is 0.200. The van der Waals surface area contributed by atoms with Crippen molar-refractivity contribution in [1.29, 1.82) is 0 Å². The molecule has 1 aromatic carbocycles. The van der Waals surface area contributed by atoms with Crippen molar-refractivity contribution in [2.45, 2.75) is 6.54 Å². The Hall–Kier alpha value is -0.900. The molecule has 3 nitrogen and oxygen atoms in total. The Morgan fingerprint density at radius 1 is 1.27 bits per heavy atom. The van der Waals surface area contributed by atoms with Gasteiger partial charge >= 0.3 is 0 Å². The topological polar surface area (TPSA) is 37.8 Å². The van der Waals surface area contributed by atoms with Crippen LogP contribution in [0.5, 0.6) is 0 Å². The maximum absolute atomic E-state index is 5.88. The molecule has 0 aliphatic rings. The first kappa shape index (κ1) is 10.6. The quantitative estimate of drug-likeness (QED) is 0.822. The van der Waals surface area contributed by atoms with Crippen LogP contribution in [0.25, 0.3) is 10.9 Å². The van der Waals surface area contributed by atoms with Crippen molar-refractivity contribution in [2.24, 2.45) is 0 Å². The van der Waals surface area contributed by atoms with Crippen LogP contribution in [-0.4, -0.2) is 17.0 Å². The first-order valence-corrected chi connectivity index (χ1v) is 5.22. The van der Waals surface area contributed by atoms with Gasteiger partial charge in [-0.1, -0.05) is 11.6 Å². The van der Waals surface area contributed by atoms with E-state index < -0.39 is 0 Å². The molecule has 0 unspecified atom stereocenters. The third-order valence-electron chi connectivity index (χ3n) is 2.05. The van der Waals surface area contributed by atoms with Gasteiger partial charge in [-0.25, -0.2) is 9.97 Å². The summed E-state index contributed by atoms with van der Waals surface area (Å²) in [6.07, 6.45) is 0. The highest BCUT2D eigenvalue weighted by Crippen LogP contribution is 2.21. The van der Waals surface area contributed by atoms with Crippen molar-refractivity contribution in [3.8, 4) is 0 Å². The van der Waals surface area contributed by atoms with Crippen LogP contribution < -0.4 is 5.32 Å². The van der Waals surface area contributed by atoms with E-state index >= 15 is 0 Å². The molecule has 0 saturated carbocycles. The zero-order chi connectivity index (χ0) is 10.8. The van der Waals surface area contributed by atoms with E-state index in [2.05, 4.69) is 15.3 Å². The summed E-state index contributed by atoms with van der Waals surface area (Å²) in [5, 5.41) is 4.90. The fourth-order valence-electron chi connectivity index (χ4n) is 1.44. The summed E-state index contributed by atoms with van der Waals surface area (Å²) in [5.74, 6) is 0. The molecular formula is C10H9Cl2N3. The van der Waals surface area contributed by atoms with Crippen molar-refractivity contribution in [3.63, 3.8) is 0 Å². The average Bonchev–Trinajstić information content (AvgIpc) is 2.17. The van der Waals surface area contributed by atoms with Gasteiger partial charge in [0.1, 0.15) is 0 Å². The standard InChI is InChI=1S/C10H9Cl2N3/c1-13-5-9-7-3-2-6(11)4-8(7)14-10(12)15-9/h2-4,13H,5H2,1H3. The molecular weight excluding hydrogens is 233 g/mol. The van der Waals surface area contributed by atoms with Crippen LogP contribution in [0, 0.1) is 0 Å². The number of fused-ring (bicyclic) bond motifs is 1.